The standard InChI is InChI=1S/C54H43N7O3/c62-52(48(40-18-6-1-7-19-40)41-20-8-2-9-21-41)60-35-34-47-49(50(60)53(63)64)55-37-59(47)36-38-30-32-39(33-31-38)45-28-16-17-29-46(45)51-56-57-58-61(51)54(42-22-10-3-11-23-42,43-24-12-4-13-25-43)44-26-14-5-15-27-44/h1-33,37,48,50H,34-36H2,(H,63,64). The fourth-order valence-electron chi connectivity index (χ4n) is 9.39. The molecule has 1 aliphatic heterocycles. The molecule has 3 heterocycles. The third-order valence-electron chi connectivity index (χ3n) is 12.3. The van der Waals surface area contributed by atoms with E-state index < -0.39 is 23.5 Å². The predicted octanol–water partition coefficient (Wildman–Crippen LogP) is 9.43. The smallest absolute Gasteiger partial charge is 0.332 e. The molecule has 9 aromatic rings. The summed E-state index contributed by atoms with van der Waals surface area (Å²) in [5.74, 6) is -1.41. The minimum atomic E-state index is -1.22. The summed E-state index contributed by atoms with van der Waals surface area (Å²) in [4.78, 5) is 33.6. The first-order chi connectivity index (χ1) is 31.5. The Balaban J connectivity index is 0.964. The number of aromatic nitrogens is 6. The lowest BCUT2D eigenvalue weighted by molar-refractivity contribution is -0.151. The molecule has 1 amide bonds. The second kappa shape index (κ2) is 17.3. The molecule has 1 unspecified atom stereocenters. The van der Waals surface area contributed by atoms with E-state index in [1.54, 1.807) is 6.33 Å². The summed E-state index contributed by atoms with van der Waals surface area (Å²) in [6, 6.07) is 65.4. The Kier molecular flexibility index (Phi) is 10.8. The van der Waals surface area contributed by atoms with Crippen LogP contribution < -0.4 is 0 Å². The SMILES string of the molecule is O=C(O)C1c2ncn(Cc3ccc(-c4ccccc4-c4nnnn4C(c4ccccc4)(c4ccccc4)c4ccccc4)cc3)c2CCN1C(=O)C(c1ccccc1)c1ccccc1. The minimum absolute atomic E-state index is 0.250. The maximum Gasteiger partial charge on any atom is 0.332 e. The Morgan fingerprint density at radius 2 is 1.12 bits per heavy atom. The average molecular weight is 838 g/mol. The number of tetrazole rings is 1. The number of rotatable bonds is 12. The number of carboxylic acids is 1. The second-order valence-corrected chi connectivity index (χ2v) is 15.9. The van der Waals surface area contributed by atoms with E-state index in [1.165, 1.54) is 4.90 Å². The molecule has 1 N–H and O–H groups in total. The first-order valence-corrected chi connectivity index (χ1v) is 21.3. The van der Waals surface area contributed by atoms with Crippen molar-refractivity contribution < 1.29 is 14.7 Å². The molecular formula is C54H43N7O3. The number of carbonyl (C=O) groups excluding carboxylic acids is 1. The quantitative estimate of drug-likeness (QED) is 0.122. The van der Waals surface area contributed by atoms with Crippen molar-refractivity contribution in [2.24, 2.45) is 0 Å². The molecule has 10 heteroatoms. The highest BCUT2D eigenvalue weighted by Gasteiger charge is 2.43. The second-order valence-electron chi connectivity index (χ2n) is 15.9. The van der Waals surface area contributed by atoms with Gasteiger partial charge in [0.05, 0.1) is 17.9 Å². The fraction of sp³-hybridized carbons (Fsp3) is 0.111. The number of hydrogen-bond donors (Lipinski definition) is 1. The van der Waals surface area contributed by atoms with Crippen molar-refractivity contribution in [3.63, 3.8) is 0 Å². The largest absolute Gasteiger partial charge is 0.479 e. The lowest BCUT2D eigenvalue weighted by atomic mass is 9.77. The van der Waals surface area contributed by atoms with Crippen LogP contribution in [0.5, 0.6) is 0 Å². The monoisotopic (exact) mass is 837 g/mol. The molecule has 0 aliphatic carbocycles. The summed E-state index contributed by atoms with van der Waals surface area (Å²) in [5, 5.41) is 24.5. The van der Waals surface area contributed by atoms with Crippen molar-refractivity contribution in [2.45, 2.75) is 30.5 Å². The number of fused-ring (bicyclic) bond motifs is 1. The van der Waals surface area contributed by atoms with Crippen LogP contribution in [0.1, 0.15) is 56.7 Å². The molecule has 0 radical (unpaired) electrons. The molecule has 10 nitrogen and oxygen atoms in total. The van der Waals surface area contributed by atoms with Gasteiger partial charge in [-0.05, 0) is 54.9 Å². The van der Waals surface area contributed by atoms with Crippen LogP contribution in [-0.2, 0) is 28.1 Å². The summed E-state index contributed by atoms with van der Waals surface area (Å²) >= 11 is 0. The molecular weight excluding hydrogens is 795 g/mol. The van der Waals surface area contributed by atoms with E-state index in [9.17, 15) is 14.7 Å². The highest BCUT2D eigenvalue weighted by atomic mass is 16.4. The van der Waals surface area contributed by atoms with Gasteiger partial charge in [0.15, 0.2) is 11.9 Å². The molecule has 0 spiro atoms. The number of benzene rings is 7. The normalized spacial score (nSPS) is 13.7. The summed E-state index contributed by atoms with van der Waals surface area (Å²) in [7, 11) is 0. The zero-order chi connectivity index (χ0) is 43.5. The van der Waals surface area contributed by atoms with Crippen LogP contribution in [0.25, 0.3) is 22.5 Å². The summed E-state index contributed by atoms with van der Waals surface area (Å²) in [5.41, 5.74) is 8.80. The van der Waals surface area contributed by atoms with Gasteiger partial charge < -0.3 is 14.6 Å². The van der Waals surface area contributed by atoms with Gasteiger partial charge in [0.1, 0.15) is 5.54 Å². The van der Waals surface area contributed by atoms with Gasteiger partial charge in [0, 0.05) is 30.8 Å². The lowest BCUT2D eigenvalue weighted by Crippen LogP contribution is -2.46. The first-order valence-electron chi connectivity index (χ1n) is 21.3. The van der Waals surface area contributed by atoms with E-state index in [2.05, 4.69) is 83.0 Å². The van der Waals surface area contributed by atoms with Gasteiger partial charge >= 0.3 is 5.97 Å². The van der Waals surface area contributed by atoms with E-state index in [0.717, 1.165) is 55.8 Å². The van der Waals surface area contributed by atoms with E-state index in [-0.39, 0.29) is 12.5 Å². The van der Waals surface area contributed by atoms with Crippen molar-refractivity contribution >= 4 is 11.9 Å². The van der Waals surface area contributed by atoms with Gasteiger partial charge in [-0.25, -0.2) is 14.5 Å². The number of amides is 1. The number of carboxylic acid groups (broad SMARTS) is 1. The van der Waals surface area contributed by atoms with Crippen LogP contribution in [0.4, 0.5) is 0 Å². The van der Waals surface area contributed by atoms with E-state index in [0.29, 0.717) is 24.5 Å². The van der Waals surface area contributed by atoms with Crippen LogP contribution >= 0.6 is 0 Å². The maximum absolute atomic E-state index is 14.4. The molecule has 312 valence electrons. The molecule has 0 bridgehead atoms. The van der Waals surface area contributed by atoms with Crippen LogP contribution in [0.3, 0.4) is 0 Å². The minimum Gasteiger partial charge on any atom is -0.479 e. The van der Waals surface area contributed by atoms with Gasteiger partial charge in [-0.3, -0.25) is 4.79 Å². The highest BCUT2D eigenvalue weighted by Crippen LogP contribution is 2.43. The molecule has 1 aliphatic rings. The summed E-state index contributed by atoms with van der Waals surface area (Å²) in [6.45, 7) is 0.729. The first kappa shape index (κ1) is 39.9. The molecule has 1 atom stereocenters. The van der Waals surface area contributed by atoms with Crippen LogP contribution in [0.15, 0.2) is 207 Å². The zero-order valence-electron chi connectivity index (χ0n) is 34.8. The predicted molar refractivity (Wildman–Crippen MR) is 245 cm³/mol. The number of hydrogen-bond acceptors (Lipinski definition) is 6. The Morgan fingerprint density at radius 1 is 0.625 bits per heavy atom. The number of imidazole rings is 1. The van der Waals surface area contributed by atoms with E-state index in [4.69, 9.17) is 10.3 Å². The van der Waals surface area contributed by atoms with Crippen molar-refractivity contribution in [3.8, 4) is 22.5 Å². The van der Waals surface area contributed by atoms with Crippen molar-refractivity contribution in [2.75, 3.05) is 6.54 Å². The third-order valence-corrected chi connectivity index (χ3v) is 12.3. The molecule has 64 heavy (non-hydrogen) atoms. The van der Waals surface area contributed by atoms with Crippen molar-refractivity contribution in [3.05, 3.63) is 251 Å². The Morgan fingerprint density at radius 3 is 1.66 bits per heavy atom. The van der Waals surface area contributed by atoms with E-state index in [1.807, 2.05) is 137 Å². The maximum atomic E-state index is 14.4. The van der Waals surface area contributed by atoms with E-state index >= 15 is 0 Å². The van der Waals surface area contributed by atoms with Crippen LogP contribution in [0, 0.1) is 0 Å². The van der Waals surface area contributed by atoms with Crippen LogP contribution in [0.2, 0.25) is 0 Å². The molecule has 7 aromatic carbocycles. The van der Waals surface area contributed by atoms with Gasteiger partial charge in [0.25, 0.3) is 0 Å². The summed E-state index contributed by atoms with van der Waals surface area (Å²) < 4.78 is 3.96. The van der Waals surface area contributed by atoms with Crippen molar-refractivity contribution in [1.29, 1.82) is 0 Å². The Labute approximate surface area is 370 Å². The Hall–Kier alpha value is -8.24. The fourth-order valence-corrected chi connectivity index (χ4v) is 9.39. The lowest BCUT2D eigenvalue weighted by Gasteiger charge is -2.36. The molecule has 0 fully saturated rings. The number of carbonyl (C=O) groups is 2. The highest BCUT2D eigenvalue weighted by molar-refractivity contribution is 5.91. The average Bonchev–Trinajstić information content (AvgIpc) is 4.01. The topological polar surface area (TPSA) is 119 Å². The molecule has 0 saturated heterocycles. The molecule has 2 aromatic heterocycles. The van der Waals surface area contributed by atoms with Gasteiger partial charge in [-0.2, -0.15) is 0 Å². The molecule has 0 saturated carbocycles. The number of nitrogens with zero attached hydrogens (tertiary/aromatic N) is 7. The van der Waals surface area contributed by atoms with Gasteiger partial charge in [0.2, 0.25) is 5.91 Å². The van der Waals surface area contributed by atoms with Gasteiger partial charge in [-0.1, -0.05) is 200 Å². The van der Waals surface area contributed by atoms with Crippen LogP contribution in [-0.4, -0.2) is 58.2 Å². The number of aliphatic carboxylic acids is 1. The third kappa shape index (κ3) is 7.14. The zero-order valence-corrected chi connectivity index (χ0v) is 34.8. The summed E-state index contributed by atoms with van der Waals surface area (Å²) in [6.07, 6.45) is 2.17. The van der Waals surface area contributed by atoms with Gasteiger partial charge in [-0.15, -0.1) is 5.10 Å². The Bertz CT molecular complexity index is 2890. The molecule has 10 rings (SSSR count). The van der Waals surface area contributed by atoms with Crippen molar-refractivity contribution in [1.82, 2.24) is 34.7 Å².